The Morgan fingerprint density at radius 3 is 2.68 bits per heavy atom. The maximum Gasteiger partial charge on any atom is 0.407 e. The fraction of sp³-hybridized carbons (Fsp3) is 0.471. The second-order valence-electron chi connectivity index (χ2n) is 5.86. The van der Waals surface area contributed by atoms with Gasteiger partial charge in [-0.25, -0.2) is 9.18 Å². The van der Waals surface area contributed by atoms with E-state index in [9.17, 15) is 14.0 Å². The summed E-state index contributed by atoms with van der Waals surface area (Å²) in [6, 6.07) is 6.13. The lowest BCUT2D eigenvalue weighted by Gasteiger charge is -2.28. The molecule has 2 amide bonds. The monoisotopic (exact) mass is 348 g/mol. The Hall–Kier alpha value is -2.82. The Morgan fingerprint density at radius 2 is 2.04 bits per heavy atom. The molecule has 0 unspecified atom stereocenters. The number of nitrogens with one attached hydrogen (secondary N) is 3. The number of ether oxygens (including phenoxy) is 1. The van der Waals surface area contributed by atoms with Crippen LogP contribution in [0, 0.1) is 17.1 Å². The van der Waals surface area contributed by atoms with Crippen LogP contribution < -0.4 is 16.0 Å². The molecule has 7 nitrogen and oxygen atoms in total. The minimum atomic E-state index is -0.941. The minimum absolute atomic E-state index is 0.0616. The van der Waals surface area contributed by atoms with Crippen molar-refractivity contribution in [2.75, 3.05) is 25.5 Å². The number of nitriles is 1. The highest BCUT2D eigenvalue weighted by Gasteiger charge is 2.42. The van der Waals surface area contributed by atoms with Gasteiger partial charge in [0.05, 0.1) is 12.8 Å². The minimum Gasteiger partial charge on any atom is -0.453 e. The Labute approximate surface area is 145 Å². The van der Waals surface area contributed by atoms with E-state index in [1.807, 2.05) is 0 Å². The molecule has 0 radical (unpaired) electrons. The van der Waals surface area contributed by atoms with Crippen LogP contribution in [0.2, 0.25) is 0 Å². The Balaban J connectivity index is 1.88. The molecule has 134 valence electrons. The number of alkyl carbamates (subject to hydrolysis) is 1. The summed E-state index contributed by atoms with van der Waals surface area (Å²) in [5.41, 5.74) is -0.627. The summed E-state index contributed by atoms with van der Waals surface area (Å²) in [4.78, 5) is 24.0. The molecule has 1 aromatic rings. The van der Waals surface area contributed by atoms with Crippen LogP contribution in [-0.4, -0.2) is 37.7 Å². The molecule has 0 spiro atoms. The van der Waals surface area contributed by atoms with Crippen LogP contribution in [0.4, 0.5) is 14.9 Å². The molecule has 1 aromatic carbocycles. The number of hydrogen-bond donors (Lipinski definition) is 3. The number of methoxy groups -OCH3 is 1. The number of rotatable bonds is 6. The van der Waals surface area contributed by atoms with Gasteiger partial charge in [-0.15, -0.1) is 0 Å². The first-order valence-corrected chi connectivity index (χ1v) is 8.09. The number of hydrogen-bond acceptors (Lipinski definition) is 5. The van der Waals surface area contributed by atoms with Gasteiger partial charge in [0.1, 0.15) is 23.0 Å². The van der Waals surface area contributed by atoms with Crippen LogP contribution in [0.15, 0.2) is 18.2 Å². The van der Waals surface area contributed by atoms with Crippen LogP contribution in [0.1, 0.15) is 31.2 Å². The lowest BCUT2D eigenvalue weighted by Crippen LogP contribution is -2.57. The highest BCUT2D eigenvalue weighted by molar-refractivity contribution is 5.90. The molecular weight excluding hydrogens is 327 g/mol. The largest absolute Gasteiger partial charge is 0.453 e. The van der Waals surface area contributed by atoms with Crippen molar-refractivity contribution in [3.63, 3.8) is 0 Å². The van der Waals surface area contributed by atoms with E-state index in [2.05, 4.69) is 20.7 Å². The summed E-state index contributed by atoms with van der Waals surface area (Å²) in [6.07, 6.45) is 2.19. The number of halogens is 1. The normalized spacial score (nSPS) is 15.1. The van der Waals surface area contributed by atoms with Gasteiger partial charge >= 0.3 is 6.09 Å². The topological polar surface area (TPSA) is 103 Å². The Kier molecular flexibility index (Phi) is 6.17. The maximum absolute atomic E-state index is 13.5. The van der Waals surface area contributed by atoms with Gasteiger partial charge < -0.3 is 20.7 Å². The van der Waals surface area contributed by atoms with Crippen LogP contribution in [-0.2, 0) is 9.53 Å². The van der Waals surface area contributed by atoms with Gasteiger partial charge in [0, 0.05) is 13.1 Å². The third kappa shape index (κ3) is 4.38. The predicted octanol–water partition coefficient (Wildman–Crippen LogP) is 1.89. The molecule has 1 aliphatic rings. The van der Waals surface area contributed by atoms with E-state index in [1.54, 1.807) is 12.1 Å². The molecule has 25 heavy (non-hydrogen) atoms. The van der Waals surface area contributed by atoms with Crippen molar-refractivity contribution in [2.24, 2.45) is 0 Å². The lowest BCUT2D eigenvalue weighted by molar-refractivity contribution is -0.127. The van der Waals surface area contributed by atoms with Crippen LogP contribution in [0.25, 0.3) is 0 Å². The first-order chi connectivity index (χ1) is 12.0. The van der Waals surface area contributed by atoms with Crippen LogP contribution in [0.3, 0.4) is 0 Å². The summed E-state index contributed by atoms with van der Waals surface area (Å²) in [5, 5.41) is 17.3. The lowest BCUT2D eigenvalue weighted by atomic mass is 9.96. The summed E-state index contributed by atoms with van der Waals surface area (Å²) in [6.45, 7) is 0.586. The predicted molar refractivity (Wildman–Crippen MR) is 89.4 cm³/mol. The van der Waals surface area contributed by atoms with E-state index >= 15 is 0 Å². The number of amides is 2. The van der Waals surface area contributed by atoms with Crippen molar-refractivity contribution in [3.8, 4) is 6.07 Å². The maximum atomic E-state index is 13.5. The summed E-state index contributed by atoms with van der Waals surface area (Å²) < 4.78 is 18.1. The van der Waals surface area contributed by atoms with Crippen LogP contribution in [0.5, 0.6) is 0 Å². The van der Waals surface area contributed by atoms with Gasteiger partial charge in [0.15, 0.2) is 0 Å². The van der Waals surface area contributed by atoms with Crippen LogP contribution >= 0.6 is 0 Å². The molecule has 0 aliphatic heterocycles. The molecule has 1 aliphatic carbocycles. The molecule has 0 heterocycles. The Morgan fingerprint density at radius 1 is 1.32 bits per heavy atom. The van der Waals surface area contributed by atoms with E-state index in [1.165, 1.54) is 19.2 Å². The summed E-state index contributed by atoms with van der Waals surface area (Å²) >= 11 is 0. The zero-order chi connectivity index (χ0) is 18.3. The van der Waals surface area contributed by atoms with Crippen molar-refractivity contribution in [3.05, 3.63) is 29.6 Å². The fourth-order valence-electron chi connectivity index (χ4n) is 2.96. The molecule has 0 aromatic heterocycles. The second kappa shape index (κ2) is 8.33. The van der Waals surface area contributed by atoms with Gasteiger partial charge in [0.2, 0.25) is 5.91 Å². The van der Waals surface area contributed by atoms with Crippen molar-refractivity contribution < 1.29 is 18.7 Å². The molecule has 1 fully saturated rings. The van der Waals surface area contributed by atoms with E-state index in [0.717, 1.165) is 12.8 Å². The molecule has 0 atom stereocenters. The van der Waals surface area contributed by atoms with Gasteiger partial charge in [-0.2, -0.15) is 5.26 Å². The highest BCUT2D eigenvalue weighted by Crippen LogP contribution is 2.30. The molecule has 8 heteroatoms. The van der Waals surface area contributed by atoms with E-state index in [-0.39, 0.29) is 18.0 Å². The summed E-state index contributed by atoms with van der Waals surface area (Å²) in [7, 11) is 1.26. The van der Waals surface area contributed by atoms with Gasteiger partial charge in [-0.1, -0.05) is 18.9 Å². The van der Waals surface area contributed by atoms with Crippen molar-refractivity contribution in [2.45, 2.75) is 31.2 Å². The second-order valence-corrected chi connectivity index (χ2v) is 5.86. The number of carbonyl (C=O) groups is 2. The smallest absolute Gasteiger partial charge is 0.407 e. The number of anilines is 1. The zero-order valence-electron chi connectivity index (χ0n) is 14.0. The number of carbonyl (C=O) groups excluding carboxylic acids is 2. The van der Waals surface area contributed by atoms with E-state index < -0.39 is 17.4 Å². The van der Waals surface area contributed by atoms with Crippen molar-refractivity contribution in [1.29, 1.82) is 5.26 Å². The van der Waals surface area contributed by atoms with Gasteiger partial charge in [-0.05, 0) is 25.0 Å². The zero-order valence-corrected chi connectivity index (χ0v) is 14.0. The summed E-state index contributed by atoms with van der Waals surface area (Å²) in [5.74, 6) is -0.860. The fourth-order valence-corrected chi connectivity index (χ4v) is 2.96. The van der Waals surface area contributed by atoms with Gasteiger partial charge in [-0.3, -0.25) is 4.79 Å². The molecule has 0 bridgehead atoms. The number of benzene rings is 1. The standard InChI is InChI=1S/C17H21FN4O3/c1-25-16(24)22-17(7-2-3-8-17)15(23)21-10-9-20-14-6-4-5-13(18)12(14)11-19/h4-6,20H,2-3,7-10H2,1H3,(H,21,23)(H,22,24). The molecule has 3 N–H and O–H groups in total. The third-order valence-electron chi connectivity index (χ3n) is 4.27. The van der Waals surface area contributed by atoms with E-state index in [4.69, 9.17) is 5.26 Å². The average Bonchev–Trinajstić information content (AvgIpc) is 3.08. The first kappa shape index (κ1) is 18.5. The quantitative estimate of drug-likeness (QED) is 0.681. The highest BCUT2D eigenvalue weighted by atomic mass is 19.1. The number of nitrogens with zero attached hydrogens (tertiary/aromatic N) is 1. The molecule has 1 saturated carbocycles. The molecular formula is C17H21FN4O3. The third-order valence-corrected chi connectivity index (χ3v) is 4.27. The average molecular weight is 348 g/mol. The van der Waals surface area contributed by atoms with Crippen molar-refractivity contribution in [1.82, 2.24) is 10.6 Å². The first-order valence-electron chi connectivity index (χ1n) is 8.09. The SMILES string of the molecule is COC(=O)NC1(C(=O)NCCNc2cccc(F)c2C#N)CCCC1. The van der Waals surface area contributed by atoms with Gasteiger partial charge in [0.25, 0.3) is 0 Å². The molecule has 2 rings (SSSR count). The Bertz CT molecular complexity index is 681. The van der Waals surface area contributed by atoms with E-state index in [0.29, 0.717) is 25.1 Å². The van der Waals surface area contributed by atoms with Crippen molar-refractivity contribution >= 4 is 17.7 Å². The molecule has 0 saturated heterocycles.